The maximum atomic E-state index is 5.55. The van der Waals surface area contributed by atoms with Crippen LogP contribution < -0.4 is 14.8 Å². The smallest absolute Gasteiger partial charge is 0.127 e. The van der Waals surface area contributed by atoms with E-state index >= 15 is 0 Å². The first-order valence-corrected chi connectivity index (χ1v) is 8.42. The van der Waals surface area contributed by atoms with Gasteiger partial charge in [-0.2, -0.15) is 0 Å². The lowest BCUT2D eigenvalue weighted by atomic mass is 10.0. The average molecular weight is 370 g/mol. The molecule has 0 fully saturated rings. The van der Waals surface area contributed by atoms with Crippen molar-refractivity contribution in [3.05, 3.63) is 44.1 Å². The van der Waals surface area contributed by atoms with E-state index in [4.69, 9.17) is 9.47 Å². The fourth-order valence-electron chi connectivity index (χ4n) is 2.25. The van der Waals surface area contributed by atoms with Gasteiger partial charge >= 0.3 is 0 Å². The zero-order chi connectivity index (χ0) is 15.4. The summed E-state index contributed by atoms with van der Waals surface area (Å²) in [6.07, 6.45) is 0. The van der Waals surface area contributed by atoms with Crippen LogP contribution in [-0.2, 0) is 0 Å². The Hall–Kier alpha value is -1.04. The average Bonchev–Trinajstić information content (AvgIpc) is 2.83. The fourth-order valence-corrected chi connectivity index (χ4v) is 3.92. The van der Waals surface area contributed by atoms with Crippen LogP contribution in [0.4, 0.5) is 0 Å². The Labute approximate surface area is 138 Å². The molecule has 1 unspecified atom stereocenters. The minimum Gasteiger partial charge on any atom is -0.497 e. The second-order valence-electron chi connectivity index (χ2n) is 4.70. The standard InChI is InChI=1S/C16H20BrNO2S/c1-5-18-15(14-8-10(2)16(17)21-14)12-7-6-11(19-3)9-13(12)20-4/h6-9,15,18H,5H2,1-4H3. The minimum atomic E-state index is 0.117. The molecule has 0 aliphatic heterocycles. The number of halogens is 1. The predicted molar refractivity (Wildman–Crippen MR) is 91.8 cm³/mol. The van der Waals surface area contributed by atoms with Crippen molar-refractivity contribution >= 4 is 27.3 Å². The van der Waals surface area contributed by atoms with Crippen LogP contribution in [0.3, 0.4) is 0 Å². The summed E-state index contributed by atoms with van der Waals surface area (Å²) in [4.78, 5) is 1.27. The molecule has 0 radical (unpaired) electrons. The topological polar surface area (TPSA) is 30.5 Å². The molecule has 0 amide bonds. The van der Waals surface area contributed by atoms with Crippen LogP contribution in [0.1, 0.15) is 29.0 Å². The molecule has 0 aliphatic carbocycles. The maximum absolute atomic E-state index is 5.55. The highest BCUT2D eigenvalue weighted by molar-refractivity contribution is 9.11. The molecule has 1 aromatic carbocycles. The Morgan fingerprint density at radius 3 is 2.52 bits per heavy atom. The summed E-state index contributed by atoms with van der Waals surface area (Å²) in [5.74, 6) is 1.64. The van der Waals surface area contributed by atoms with Gasteiger partial charge in [-0.05, 0) is 53.2 Å². The van der Waals surface area contributed by atoms with Crippen molar-refractivity contribution in [2.75, 3.05) is 20.8 Å². The molecule has 1 heterocycles. The highest BCUT2D eigenvalue weighted by atomic mass is 79.9. The van der Waals surface area contributed by atoms with Crippen molar-refractivity contribution in [2.45, 2.75) is 19.9 Å². The largest absolute Gasteiger partial charge is 0.497 e. The summed E-state index contributed by atoms with van der Waals surface area (Å²) >= 11 is 5.36. The van der Waals surface area contributed by atoms with E-state index in [2.05, 4.69) is 47.2 Å². The van der Waals surface area contributed by atoms with Crippen molar-refractivity contribution in [3.8, 4) is 11.5 Å². The molecule has 0 saturated heterocycles. The molecule has 21 heavy (non-hydrogen) atoms. The van der Waals surface area contributed by atoms with Gasteiger partial charge in [0, 0.05) is 16.5 Å². The van der Waals surface area contributed by atoms with Crippen LogP contribution in [0, 0.1) is 6.92 Å². The van der Waals surface area contributed by atoms with E-state index in [0.29, 0.717) is 0 Å². The van der Waals surface area contributed by atoms with E-state index in [1.54, 1.807) is 25.6 Å². The molecular weight excluding hydrogens is 350 g/mol. The molecule has 0 bridgehead atoms. The monoisotopic (exact) mass is 369 g/mol. The summed E-state index contributed by atoms with van der Waals surface area (Å²) in [6.45, 7) is 5.10. The van der Waals surface area contributed by atoms with Gasteiger partial charge in [-0.3, -0.25) is 0 Å². The van der Waals surface area contributed by atoms with E-state index in [9.17, 15) is 0 Å². The minimum absolute atomic E-state index is 0.117. The number of benzene rings is 1. The van der Waals surface area contributed by atoms with Gasteiger partial charge in [-0.1, -0.05) is 6.92 Å². The van der Waals surface area contributed by atoms with Gasteiger partial charge in [0.05, 0.1) is 24.0 Å². The SMILES string of the molecule is CCNC(c1cc(C)c(Br)s1)c1ccc(OC)cc1OC. The van der Waals surface area contributed by atoms with Gasteiger partial charge in [0.1, 0.15) is 11.5 Å². The number of hydrogen-bond acceptors (Lipinski definition) is 4. The quantitative estimate of drug-likeness (QED) is 0.810. The summed E-state index contributed by atoms with van der Waals surface area (Å²) in [6, 6.07) is 8.29. The van der Waals surface area contributed by atoms with Crippen molar-refractivity contribution in [1.82, 2.24) is 5.32 Å². The van der Waals surface area contributed by atoms with Gasteiger partial charge in [0.15, 0.2) is 0 Å². The third-order valence-corrected chi connectivity index (χ3v) is 5.52. The first-order valence-electron chi connectivity index (χ1n) is 6.81. The Bertz CT molecular complexity index is 593. The first kappa shape index (κ1) is 16.3. The normalized spacial score (nSPS) is 12.2. The molecule has 5 heteroatoms. The van der Waals surface area contributed by atoms with Crippen LogP contribution in [0.2, 0.25) is 0 Å². The van der Waals surface area contributed by atoms with E-state index in [1.165, 1.54) is 14.2 Å². The summed E-state index contributed by atoms with van der Waals surface area (Å²) in [5.41, 5.74) is 2.37. The van der Waals surface area contributed by atoms with Gasteiger partial charge in [0.2, 0.25) is 0 Å². The second-order valence-corrected chi connectivity index (χ2v) is 7.11. The van der Waals surface area contributed by atoms with Crippen LogP contribution in [0.25, 0.3) is 0 Å². The van der Waals surface area contributed by atoms with E-state index < -0.39 is 0 Å². The molecule has 1 aromatic heterocycles. The molecule has 0 saturated carbocycles. The zero-order valence-corrected chi connectivity index (χ0v) is 15.1. The predicted octanol–water partition coefficient (Wildman–Crippen LogP) is 4.54. The van der Waals surface area contributed by atoms with Gasteiger partial charge in [0.25, 0.3) is 0 Å². The van der Waals surface area contributed by atoms with E-state index in [1.807, 2.05) is 12.1 Å². The third-order valence-electron chi connectivity index (χ3n) is 3.32. The number of thiophene rings is 1. The maximum Gasteiger partial charge on any atom is 0.127 e. The van der Waals surface area contributed by atoms with Crippen molar-refractivity contribution in [1.29, 1.82) is 0 Å². The molecule has 1 atom stereocenters. The Morgan fingerprint density at radius 2 is 2.00 bits per heavy atom. The number of aryl methyl sites for hydroxylation is 1. The van der Waals surface area contributed by atoms with Crippen LogP contribution in [0.5, 0.6) is 11.5 Å². The third kappa shape index (κ3) is 3.59. The highest BCUT2D eigenvalue weighted by Gasteiger charge is 2.20. The molecule has 114 valence electrons. The van der Waals surface area contributed by atoms with Crippen molar-refractivity contribution in [2.24, 2.45) is 0 Å². The lowest BCUT2D eigenvalue weighted by Gasteiger charge is -2.20. The van der Waals surface area contributed by atoms with Crippen molar-refractivity contribution < 1.29 is 9.47 Å². The molecule has 0 aliphatic rings. The number of hydrogen-bond donors (Lipinski definition) is 1. The van der Waals surface area contributed by atoms with Crippen LogP contribution >= 0.6 is 27.3 Å². The molecule has 2 rings (SSSR count). The van der Waals surface area contributed by atoms with Crippen LogP contribution in [-0.4, -0.2) is 20.8 Å². The number of methoxy groups -OCH3 is 2. The Kier molecular flexibility index (Phi) is 5.67. The van der Waals surface area contributed by atoms with E-state index in [-0.39, 0.29) is 6.04 Å². The molecule has 1 N–H and O–H groups in total. The Morgan fingerprint density at radius 1 is 1.24 bits per heavy atom. The van der Waals surface area contributed by atoms with Crippen molar-refractivity contribution in [3.63, 3.8) is 0 Å². The molecule has 2 aromatic rings. The summed E-state index contributed by atoms with van der Waals surface area (Å²) < 4.78 is 12.0. The number of ether oxygens (including phenoxy) is 2. The van der Waals surface area contributed by atoms with Gasteiger partial charge in [-0.15, -0.1) is 11.3 Å². The van der Waals surface area contributed by atoms with Gasteiger partial charge in [-0.25, -0.2) is 0 Å². The zero-order valence-electron chi connectivity index (χ0n) is 12.7. The summed E-state index contributed by atoms with van der Waals surface area (Å²) in [5, 5.41) is 3.54. The molecular formula is C16H20BrNO2S. The number of nitrogens with one attached hydrogen (secondary N) is 1. The lowest BCUT2D eigenvalue weighted by molar-refractivity contribution is 0.388. The highest BCUT2D eigenvalue weighted by Crippen LogP contribution is 2.38. The summed E-state index contributed by atoms with van der Waals surface area (Å²) in [7, 11) is 3.35. The fraction of sp³-hybridized carbons (Fsp3) is 0.375. The van der Waals surface area contributed by atoms with E-state index in [0.717, 1.165) is 23.6 Å². The van der Waals surface area contributed by atoms with Gasteiger partial charge < -0.3 is 14.8 Å². The second kappa shape index (κ2) is 7.29. The first-order chi connectivity index (χ1) is 10.1. The number of rotatable bonds is 6. The lowest BCUT2D eigenvalue weighted by Crippen LogP contribution is -2.21. The Balaban J connectivity index is 2.47. The van der Waals surface area contributed by atoms with Crippen LogP contribution in [0.15, 0.2) is 28.1 Å². The molecule has 0 spiro atoms. The molecule has 3 nitrogen and oxygen atoms in total.